The Bertz CT molecular complexity index is 577. The molecule has 2 rings (SSSR count). The first-order valence-corrected chi connectivity index (χ1v) is 8.57. The van der Waals surface area contributed by atoms with Gasteiger partial charge in [0.1, 0.15) is 5.78 Å². The Morgan fingerprint density at radius 1 is 1.05 bits per heavy atom. The molecule has 0 amide bonds. The predicted octanol–water partition coefficient (Wildman–Crippen LogP) is 5.32. The van der Waals surface area contributed by atoms with Crippen LogP contribution in [-0.4, -0.2) is 11.0 Å². The zero-order valence-corrected chi connectivity index (χ0v) is 13.6. The third-order valence-corrected chi connectivity index (χ3v) is 4.78. The molecule has 0 heterocycles. The van der Waals surface area contributed by atoms with Gasteiger partial charge in [-0.15, -0.1) is 18.3 Å². The molecular weight excluding hydrogens is 288 g/mol. The van der Waals surface area contributed by atoms with Gasteiger partial charge in [0.2, 0.25) is 0 Å². The van der Waals surface area contributed by atoms with Crippen LogP contribution in [0.25, 0.3) is 0 Å². The van der Waals surface area contributed by atoms with Crippen molar-refractivity contribution in [1.29, 1.82) is 0 Å². The monoisotopic (exact) mass is 310 g/mol. The molecule has 1 atom stereocenters. The van der Waals surface area contributed by atoms with Crippen molar-refractivity contribution in [3.63, 3.8) is 0 Å². The molecule has 0 aliphatic rings. The second-order valence-corrected chi connectivity index (χ2v) is 6.53. The van der Waals surface area contributed by atoms with E-state index in [2.05, 4.69) is 30.8 Å². The van der Waals surface area contributed by atoms with Gasteiger partial charge in [-0.25, -0.2) is 0 Å². The van der Waals surface area contributed by atoms with Gasteiger partial charge in [0.25, 0.3) is 0 Å². The maximum atomic E-state index is 12.5. The molecule has 2 heteroatoms. The molecular formula is C20H22OS. The first-order valence-electron chi connectivity index (χ1n) is 7.69. The highest BCUT2D eigenvalue weighted by atomic mass is 32.2. The van der Waals surface area contributed by atoms with Gasteiger partial charge < -0.3 is 0 Å². The number of hydrogen-bond acceptors (Lipinski definition) is 2. The van der Waals surface area contributed by atoms with Gasteiger partial charge in [0.15, 0.2) is 0 Å². The van der Waals surface area contributed by atoms with Gasteiger partial charge in [0.05, 0.1) is 5.25 Å². The van der Waals surface area contributed by atoms with E-state index in [1.165, 1.54) is 5.56 Å². The molecule has 0 saturated carbocycles. The van der Waals surface area contributed by atoms with Gasteiger partial charge in [0, 0.05) is 11.3 Å². The number of carbonyl (C=O) groups is 1. The van der Waals surface area contributed by atoms with E-state index >= 15 is 0 Å². The van der Waals surface area contributed by atoms with Crippen molar-refractivity contribution in [2.75, 3.05) is 0 Å². The molecule has 22 heavy (non-hydrogen) atoms. The van der Waals surface area contributed by atoms with Crippen LogP contribution in [0.5, 0.6) is 0 Å². The molecule has 0 N–H and O–H groups in total. The molecule has 0 aliphatic carbocycles. The molecule has 1 unspecified atom stereocenters. The molecule has 2 aromatic carbocycles. The lowest BCUT2D eigenvalue weighted by Gasteiger charge is -2.13. The van der Waals surface area contributed by atoms with Gasteiger partial charge in [-0.3, -0.25) is 4.79 Å². The van der Waals surface area contributed by atoms with E-state index in [9.17, 15) is 4.79 Å². The molecule has 0 fully saturated rings. The number of rotatable bonds is 9. The summed E-state index contributed by atoms with van der Waals surface area (Å²) in [6.45, 7) is 3.79. The van der Waals surface area contributed by atoms with Crippen LogP contribution in [0.2, 0.25) is 0 Å². The largest absolute Gasteiger partial charge is 0.298 e. The summed E-state index contributed by atoms with van der Waals surface area (Å²) in [5.41, 5.74) is 1.30. The maximum absolute atomic E-state index is 12.5. The zero-order valence-electron chi connectivity index (χ0n) is 12.8. The first-order chi connectivity index (χ1) is 10.8. The van der Waals surface area contributed by atoms with Crippen LogP contribution in [0.3, 0.4) is 0 Å². The molecule has 2 aromatic rings. The molecule has 0 aromatic heterocycles. The number of thioether (sulfide) groups is 1. The molecule has 0 spiro atoms. The summed E-state index contributed by atoms with van der Waals surface area (Å²) >= 11 is 1.65. The number of ketones is 1. The summed E-state index contributed by atoms with van der Waals surface area (Å²) < 4.78 is 0. The van der Waals surface area contributed by atoms with Crippen molar-refractivity contribution in [3.8, 4) is 0 Å². The Labute approximate surface area is 137 Å². The summed E-state index contributed by atoms with van der Waals surface area (Å²) in [5, 5.41) is -0.0179. The van der Waals surface area contributed by atoms with E-state index in [0.717, 1.165) is 24.2 Å². The van der Waals surface area contributed by atoms with Crippen molar-refractivity contribution in [2.24, 2.45) is 0 Å². The van der Waals surface area contributed by atoms with E-state index < -0.39 is 0 Å². The van der Waals surface area contributed by atoms with Crippen molar-refractivity contribution < 1.29 is 4.79 Å². The van der Waals surface area contributed by atoms with Crippen LogP contribution < -0.4 is 0 Å². The van der Waals surface area contributed by atoms with E-state index in [1.54, 1.807) is 11.8 Å². The third kappa shape index (κ3) is 5.53. The van der Waals surface area contributed by atoms with Crippen molar-refractivity contribution in [2.45, 2.75) is 35.8 Å². The Morgan fingerprint density at radius 2 is 1.68 bits per heavy atom. The molecule has 114 valence electrons. The average Bonchev–Trinajstić information content (AvgIpc) is 2.56. The fraction of sp³-hybridized carbons (Fsp3) is 0.250. The highest BCUT2D eigenvalue weighted by Gasteiger charge is 2.17. The first kappa shape index (κ1) is 16.6. The Kier molecular flexibility index (Phi) is 6.98. The number of aryl methyl sites for hydroxylation is 1. The number of hydrogen-bond donors (Lipinski definition) is 0. The Balaban J connectivity index is 1.85. The van der Waals surface area contributed by atoms with Crippen LogP contribution >= 0.6 is 11.8 Å². The van der Waals surface area contributed by atoms with Crippen LogP contribution in [0, 0.1) is 0 Å². The smallest absolute Gasteiger partial charge is 0.146 e. The van der Waals surface area contributed by atoms with E-state index in [1.807, 2.05) is 42.5 Å². The summed E-state index contributed by atoms with van der Waals surface area (Å²) in [7, 11) is 0. The van der Waals surface area contributed by atoms with Gasteiger partial charge in [-0.1, -0.05) is 54.6 Å². The molecule has 1 nitrogen and oxygen atoms in total. The van der Waals surface area contributed by atoms with Gasteiger partial charge in [-0.2, -0.15) is 0 Å². The van der Waals surface area contributed by atoms with E-state index in [0.29, 0.717) is 12.2 Å². The summed E-state index contributed by atoms with van der Waals surface area (Å²) in [5.74, 6) is 0.324. The highest BCUT2D eigenvalue weighted by molar-refractivity contribution is 8.00. The van der Waals surface area contributed by atoms with E-state index in [-0.39, 0.29) is 5.25 Å². The number of allylic oxidation sites excluding steroid dienone is 1. The minimum Gasteiger partial charge on any atom is -0.298 e. The number of Topliss-reactive ketones (excluding diaryl/α,β-unsaturated/α-hetero) is 1. The summed E-state index contributed by atoms with van der Waals surface area (Å²) in [4.78, 5) is 13.6. The number of carbonyl (C=O) groups excluding carboxylic acids is 1. The van der Waals surface area contributed by atoms with Crippen LogP contribution in [0.4, 0.5) is 0 Å². The second kappa shape index (κ2) is 9.26. The molecule has 0 radical (unpaired) electrons. The van der Waals surface area contributed by atoms with Crippen LogP contribution in [0.1, 0.15) is 24.8 Å². The lowest BCUT2D eigenvalue weighted by molar-refractivity contribution is -0.118. The van der Waals surface area contributed by atoms with Crippen LogP contribution in [0.15, 0.2) is 78.2 Å². The summed E-state index contributed by atoms with van der Waals surface area (Å²) in [6.07, 6.45) is 5.07. The lowest BCUT2D eigenvalue weighted by Crippen LogP contribution is -2.16. The van der Waals surface area contributed by atoms with Crippen molar-refractivity contribution >= 4 is 17.5 Å². The maximum Gasteiger partial charge on any atom is 0.146 e. The Hall–Kier alpha value is -1.80. The molecule has 0 aliphatic heterocycles. The second-order valence-electron chi connectivity index (χ2n) is 5.25. The average molecular weight is 310 g/mol. The van der Waals surface area contributed by atoms with Crippen molar-refractivity contribution in [3.05, 3.63) is 78.9 Å². The Morgan fingerprint density at radius 3 is 2.32 bits per heavy atom. The topological polar surface area (TPSA) is 17.1 Å². The SMILES string of the molecule is C=CCC(Sc1ccccc1)C(=O)CCCc1ccccc1. The fourth-order valence-electron chi connectivity index (χ4n) is 2.33. The fourth-order valence-corrected chi connectivity index (χ4v) is 3.46. The highest BCUT2D eigenvalue weighted by Crippen LogP contribution is 2.27. The quantitative estimate of drug-likeness (QED) is 0.461. The van der Waals surface area contributed by atoms with Gasteiger partial charge in [-0.05, 0) is 37.0 Å². The third-order valence-electron chi connectivity index (χ3n) is 3.49. The van der Waals surface area contributed by atoms with Crippen LogP contribution in [-0.2, 0) is 11.2 Å². The standard InChI is InChI=1S/C20H22OS/c1-2-10-20(22-18-14-7-4-8-15-18)19(21)16-9-13-17-11-5-3-6-12-17/h2-8,11-12,14-15,20H,1,9-10,13,16H2. The predicted molar refractivity (Wildman–Crippen MR) is 95.3 cm³/mol. The minimum atomic E-state index is -0.0179. The lowest BCUT2D eigenvalue weighted by atomic mass is 10.0. The minimum absolute atomic E-state index is 0.0179. The van der Waals surface area contributed by atoms with Gasteiger partial charge >= 0.3 is 0 Å². The van der Waals surface area contributed by atoms with E-state index in [4.69, 9.17) is 0 Å². The van der Waals surface area contributed by atoms with Crippen molar-refractivity contribution in [1.82, 2.24) is 0 Å². The molecule has 0 saturated heterocycles. The molecule has 0 bridgehead atoms. The summed E-state index contributed by atoms with van der Waals surface area (Å²) in [6, 6.07) is 20.5. The normalized spacial score (nSPS) is 11.8. The zero-order chi connectivity index (χ0) is 15.6. The number of benzene rings is 2.